The van der Waals surface area contributed by atoms with E-state index in [0.29, 0.717) is 40.8 Å². The molecule has 4 rings (SSSR count). The van der Waals surface area contributed by atoms with Gasteiger partial charge < -0.3 is 15.2 Å². The first-order valence-electron chi connectivity index (χ1n) is 11.6. The van der Waals surface area contributed by atoms with Gasteiger partial charge in [-0.25, -0.2) is 0 Å². The summed E-state index contributed by atoms with van der Waals surface area (Å²) in [5, 5.41) is 23.3. The van der Waals surface area contributed by atoms with Crippen LogP contribution in [0.2, 0.25) is 5.02 Å². The number of nitrogens with one attached hydrogen (secondary N) is 1. The van der Waals surface area contributed by atoms with Crippen LogP contribution in [0, 0.1) is 0 Å². The molecule has 0 saturated carbocycles. The molecule has 4 aromatic carbocycles. The minimum absolute atomic E-state index is 0.0120. The van der Waals surface area contributed by atoms with Crippen molar-refractivity contribution >= 4 is 55.5 Å². The van der Waals surface area contributed by atoms with E-state index in [1.807, 2.05) is 6.92 Å². The van der Waals surface area contributed by atoms with Gasteiger partial charge >= 0.3 is 0 Å². The van der Waals surface area contributed by atoms with Crippen LogP contribution in [0.4, 0.5) is 17.1 Å². The van der Waals surface area contributed by atoms with Crippen molar-refractivity contribution in [1.29, 1.82) is 0 Å². The summed E-state index contributed by atoms with van der Waals surface area (Å²) in [5.74, 6) is -0.267. The minimum atomic E-state index is -4.53. The number of hydrogen-bond donors (Lipinski definition) is 3. The number of benzene rings is 4. The predicted molar refractivity (Wildman–Crippen MR) is 146 cm³/mol. The Bertz CT molecular complexity index is 1650. The third kappa shape index (κ3) is 5.77. The Morgan fingerprint density at radius 1 is 1.03 bits per heavy atom. The van der Waals surface area contributed by atoms with Crippen molar-refractivity contribution in [3.05, 3.63) is 82.9 Å². The van der Waals surface area contributed by atoms with Gasteiger partial charge in [0.1, 0.15) is 16.3 Å². The van der Waals surface area contributed by atoms with Gasteiger partial charge in [0.15, 0.2) is 5.75 Å². The highest BCUT2D eigenvalue weighted by Crippen LogP contribution is 2.40. The lowest BCUT2D eigenvalue weighted by Crippen LogP contribution is -2.12. The van der Waals surface area contributed by atoms with Crippen molar-refractivity contribution in [2.75, 3.05) is 11.9 Å². The van der Waals surface area contributed by atoms with E-state index in [0.717, 1.165) is 0 Å². The number of amides is 1. The molecular formula is C27H24ClN3O6S. The van der Waals surface area contributed by atoms with Gasteiger partial charge in [-0.15, -0.1) is 5.11 Å². The standard InChI is InChI=1S/C27H24ClN3O6S/c1-3-16-14-24(38(34,35)36)22(28)15-23(16)30-31-25-20-8-6-5-7-17(20)13-21(26(25)32)27(33)29-18-9-11-19(12-10-18)37-4-2/h5-15,32H,3-4H2,1-2H3,(H,29,33)(H,34,35,36). The van der Waals surface area contributed by atoms with Crippen molar-refractivity contribution in [3.8, 4) is 11.5 Å². The maximum absolute atomic E-state index is 13.1. The molecule has 38 heavy (non-hydrogen) atoms. The lowest BCUT2D eigenvalue weighted by atomic mass is 10.0. The van der Waals surface area contributed by atoms with Crippen molar-refractivity contribution in [1.82, 2.24) is 0 Å². The number of fused-ring (bicyclic) bond motifs is 1. The van der Waals surface area contributed by atoms with E-state index in [1.165, 1.54) is 12.1 Å². The number of carbonyl (C=O) groups excluding carboxylic acids is 1. The van der Waals surface area contributed by atoms with Crippen LogP contribution in [0.1, 0.15) is 29.8 Å². The Balaban J connectivity index is 1.75. The summed E-state index contributed by atoms with van der Waals surface area (Å²) < 4.78 is 38.1. The maximum atomic E-state index is 13.1. The molecule has 4 aromatic rings. The third-order valence-corrected chi connectivity index (χ3v) is 7.03. The Morgan fingerprint density at radius 3 is 2.39 bits per heavy atom. The molecule has 0 unspecified atom stereocenters. The van der Waals surface area contributed by atoms with Crippen LogP contribution in [0.3, 0.4) is 0 Å². The Labute approximate surface area is 224 Å². The zero-order chi connectivity index (χ0) is 27.4. The van der Waals surface area contributed by atoms with Gasteiger partial charge in [0.05, 0.1) is 22.9 Å². The number of ether oxygens (including phenoxy) is 1. The van der Waals surface area contributed by atoms with Crippen LogP contribution < -0.4 is 10.1 Å². The highest BCUT2D eigenvalue weighted by atomic mass is 35.5. The van der Waals surface area contributed by atoms with Gasteiger partial charge in [-0.05, 0) is 66.8 Å². The lowest BCUT2D eigenvalue weighted by molar-refractivity contribution is 0.102. The van der Waals surface area contributed by atoms with E-state index in [9.17, 15) is 22.9 Å². The largest absolute Gasteiger partial charge is 0.505 e. The normalized spacial score (nSPS) is 11.7. The second-order valence-corrected chi connectivity index (χ2v) is 9.99. The Morgan fingerprint density at radius 2 is 1.74 bits per heavy atom. The summed E-state index contributed by atoms with van der Waals surface area (Å²) in [6, 6.07) is 17.9. The second kappa shape index (κ2) is 11.2. The zero-order valence-electron chi connectivity index (χ0n) is 20.5. The van der Waals surface area contributed by atoms with Gasteiger partial charge in [-0.3, -0.25) is 9.35 Å². The van der Waals surface area contributed by atoms with E-state index in [2.05, 4.69) is 15.5 Å². The SMILES string of the molecule is CCOc1ccc(NC(=O)c2cc3ccccc3c(N=Nc3cc(Cl)c(S(=O)(=O)O)cc3CC)c2O)cc1. The monoisotopic (exact) mass is 553 g/mol. The number of halogens is 1. The van der Waals surface area contributed by atoms with E-state index in [1.54, 1.807) is 61.5 Å². The average Bonchev–Trinajstić information content (AvgIpc) is 2.88. The van der Waals surface area contributed by atoms with Crippen LogP contribution in [0.25, 0.3) is 10.8 Å². The number of phenolic OH excluding ortho intramolecular Hbond substituents is 1. The molecule has 0 aliphatic heterocycles. The van der Waals surface area contributed by atoms with Gasteiger partial charge in [0, 0.05) is 11.1 Å². The number of rotatable bonds is 8. The molecule has 0 bridgehead atoms. The fraction of sp³-hybridized carbons (Fsp3) is 0.148. The predicted octanol–water partition coefficient (Wildman–Crippen LogP) is 7.07. The van der Waals surface area contributed by atoms with E-state index < -0.39 is 20.9 Å². The van der Waals surface area contributed by atoms with Crippen LogP contribution >= 0.6 is 11.6 Å². The summed E-state index contributed by atoms with van der Waals surface area (Å²) in [4.78, 5) is 12.7. The van der Waals surface area contributed by atoms with E-state index >= 15 is 0 Å². The maximum Gasteiger partial charge on any atom is 0.296 e. The first-order valence-corrected chi connectivity index (χ1v) is 13.4. The van der Waals surface area contributed by atoms with Gasteiger partial charge in [-0.1, -0.05) is 42.8 Å². The van der Waals surface area contributed by atoms with Crippen LogP contribution in [0.15, 0.2) is 81.9 Å². The summed E-state index contributed by atoms with van der Waals surface area (Å²) in [6.07, 6.45) is 0.366. The number of anilines is 1. The number of aryl methyl sites for hydroxylation is 1. The molecule has 9 nitrogen and oxygen atoms in total. The molecule has 1 amide bonds. The molecule has 0 heterocycles. The third-order valence-electron chi connectivity index (χ3n) is 5.71. The number of hydrogen-bond acceptors (Lipinski definition) is 7. The molecule has 196 valence electrons. The number of nitrogens with zero attached hydrogens (tertiary/aromatic N) is 2. The van der Waals surface area contributed by atoms with Gasteiger partial charge in [0.2, 0.25) is 0 Å². The van der Waals surface area contributed by atoms with Crippen LogP contribution in [-0.2, 0) is 16.5 Å². The van der Waals surface area contributed by atoms with E-state index in [4.69, 9.17) is 16.3 Å². The molecular weight excluding hydrogens is 530 g/mol. The molecule has 0 aliphatic carbocycles. The highest BCUT2D eigenvalue weighted by Gasteiger charge is 2.20. The highest BCUT2D eigenvalue weighted by molar-refractivity contribution is 7.86. The molecule has 0 aliphatic rings. The molecule has 0 fully saturated rings. The molecule has 0 spiro atoms. The fourth-order valence-corrected chi connectivity index (χ4v) is 4.90. The lowest BCUT2D eigenvalue weighted by Gasteiger charge is -2.12. The first-order chi connectivity index (χ1) is 18.1. The summed E-state index contributed by atoms with van der Waals surface area (Å²) >= 11 is 6.07. The molecule has 3 N–H and O–H groups in total. The first kappa shape index (κ1) is 27.1. The van der Waals surface area contributed by atoms with Crippen molar-refractivity contribution < 1.29 is 27.6 Å². The van der Waals surface area contributed by atoms with Crippen molar-refractivity contribution in [2.45, 2.75) is 25.2 Å². The summed E-state index contributed by atoms with van der Waals surface area (Å²) in [7, 11) is -4.53. The van der Waals surface area contributed by atoms with Crippen LogP contribution in [-0.4, -0.2) is 30.6 Å². The zero-order valence-corrected chi connectivity index (χ0v) is 22.0. The summed E-state index contributed by atoms with van der Waals surface area (Å²) in [5.41, 5.74) is 1.26. The topological polar surface area (TPSA) is 138 Å². The number of phenols is 1. The molecule has 0 radical (unpaired) electrons. The molecule has 0 aromatic heterocycles. The molecule has 0 atom stereocenters. The van der Waals surface area contributed by atoms with Gasteiger partial charge in [-0.2, -0.15) is 13.5 Å². The fourth-order valence-electron chi connectivity index (χ4n) is 3.85. The Hall–Kier alpha value is -3.99. The van der Waals surface area contributed by atoms with E-state index in [-0.39, 0.29) is 27.7 Å². The number of azo groups is 1. The van der Waals surface area contributed by atoms with Crippen molar-refractivity contribution in [3.63, 3.8) is 0 Å². The smallest absolute Gasteiger partial charge is 0.296 e. The van der Waals surface area contributed by atoms with Crippen LogP contribution in [0.5, 0.6) is 11.5 Å². The molecule has 0 saturated heterocycles. The minimum Gasteiger partial charge on any atom is -0.505 e. The average molecular weight is 554 g/mol. The molecule has 11 heteroatoms. The summed E-state index contributed by atoms with van der Waals surface area (Å²) in [6.45, 7) is 4.17. The van der Waals surface area contributed by atoms with Gasteiger partial charge in [0.25, 0.3) is 16.0 Å². The number of aromatic hydroxyl groups is 1. The quantitative estimate of drug-likeness (QED) is 0.157. The second-order valence-electron chi connectivity index (χ2n) is 8.19. The van der Waals surface area contributed by atoms with Crippen molar-refractivity contribution in [2.24, 2.45) is 10.2 Å². The Kier molecular flexibility index (Phi) is 7.96. The number of carbonyl (C=O) groups is 1.